The summed E-state index contributed by atoms with van der Waals surface area (Å²) in [5.41, 5.74) is -0.536. The van der Waals surface area contributed by atoms with Crippen LogP contribution in [0, 0.1) is 5.41 Å². The predicted octanol–water partition coefficient (Wildman–Crippen LogP) is 0.919. The summed E-state index contributed by atoms with van der Waals surface area (Å²) in [6, 6.07) is 0. The number of esters is 1. The van der Waals surface area contributed by atoms with E-state index in [4.69, 9.17) is 4.74 Å². The van der Waals surface area contributed by atoms with Gasteiger partial charge in [0.05, 0.1) is 12.0 Å². The van der Waals surface area contributed by atoms with Crippen LogP contribution in [0.3, 0.4) is 0 Å². The van der Waals surface area contributed by atoms with Crippen LogP contribution >= 0.6 is 0 Å². The molecule has 62 valence electrons. The predicted molar refractivity (Wildman–Crippen MR) is 39.0 cm³/mol. The highest BCUT2D eigenvalue weighted by Crippen LogP contribution is 2.32. The van der Waals surface area contributed by atoms with E-state index in [1.165, 1.54) is 6.92 Å². The maximum absolute atomic E-state index is 11.1. The van der Waals surface area contributed by atoms with Gasteiger partial charge in [0.2, 0.25) is 0 Å². The molecule has 1 unspecified atom stereocenters. The Kier molecular flexibility index (Phi) is 1.98. The fourth-order valence-corrected chi connectivity index (χ4v) is 1.36. The molecular formula is C8H12O3. The summed E-state index contributed by atoms with van der Waals surface area (Å²) in [5.74, 6) is -0.181. The van der Waals surface area contributed by atoms with Gasteiger partial charge >= 0.3 is 5.97 Å². The van der Waals surface area contributed by atoms with Crippen molar-refractivity contribution in [2.45, 2.75) is 26.7 Å². The van der Waals surface area contributed by atoms with E-state index in [2.05, 4.69) is 0 Å². The summed E-state index contributed by atoms with van der Waals surface area (Å²) in [4.78, 5) is 21.8. The van der Waals surface area contributed by atoms with Crippen molar-refractivity contribution in [1.82, 2.24) is 0 Å². The van der Waals surface area contributed by atoms with Crippen LogP contribution in [0.1, 0.15) is 26.7 Å². The Bertz CT molecular complexity index is 198. The lowest BCUT2D eigenvalue weighted by Crippen LogP contribution is -2.24. The van der Waals surface area contributed by atoms with Gasteiger partial charge in [-0.25, -0.2) is 0 Å². The third-order valence-electron chi connectivity index (χ3n) is 2.02. The first kappa shape index (κ1) is 8.24. The van der Waals surface area contributed by atoms with Gasteiger partial charge in [-0.1, -0.05) is 0 Å². The highest BCUT2D eigenvalue weighted by atomic mass is 16.5. The topological polar surface area (TPSA) is 43.4 Å². The summed E-state index contributed by atoms with van der Waals surface area (Å²) in [6.07, 6.45) is 0.983. The first-order valence-corrected chi connectivity index (χ1v) is 3.71. The fraction of sp³-hybridized carbons (Fsp3) is 0.750. The molecule has 1 aliphatic rings. The molecule has 1 heterocycles. The molecule has 0 radical (unpaired) electrons. The van der Waals surface area contributed by atoms with Gasteiger partial charge in [0, 0.05) is 6.42 Å². The second-order valence-corrected chi connectivity index (χ2v) is 3.33. The van der Waals surface area contributed by atoms with Crippen molar-refractivity contribution >= 4 is 11.8 Å². The molecule has 0 N–H and O–H groups in total. The van der Waals surface area contributed by atoms with Gasteiger partial charge in [-0.2, -0.15) is 0 Å². The number of Topliss-reactive ketones (excluding diaryl/α,β-unsaturated/α-hetero) is 1. The third kappa shape index (κ3) is 1.59. The second-order valence-electron chi connectivity index (χ2n) is 3.33. The second kappa shape index (κ2) is 2.64. The van der Waals surface area contributed by atoms with Crippen LogP contribution in [0.25, 0.3) is 0 Å². The van der Waals surface area contributed by atoms with Crippen molar-refractivity contribution in [2.24, 2.45) is 5.41 Å². The smallest absolute Gasteiger partial charge is 0.312 e. The highest BCUT2D eigenvalue weighted by molar-refractivity contribution is 5.86. The first-order chi connectivity index (χ1) is 5.04. The zero-order chi connectivity index (χ0) is 8.48. The molecule has 3 nitrogen and oxygen atoms in total. The average molecular weight is 156 g/mol. The Morgan fingerprint density at radius 2 is 2.36 bits per heavy atom. The van der Waals surface area contributed by atoms with Gasteiger partial charge in [0.1, 0.15) is 5.78 Å². The number of carbonyl (C=O) groups is 2. The lowest BCUT2D eigenvalue weighted by atomic mass is 9.84. The molecule has 0 aromatic rings. The van der Waals surface area contributed by atoms with Crippen molar-refractivity contribution < 1.29 is 14.3 Å². The Balaban J connectivity index is 2.65. The molecule has 0 amide bonds. The molecule has 1 rings (SSSR count). The van der Waals surface area contributed by atoms with E-state index in [9.17, 15) is 9.59 Å². The lowest BCUT2D eigenvalue weighted by molar-refractivity contribution is -0.147. The van der Waals surface area contributed by atoms with E-state index >= 15 is 0 Å². The number of rotatable bonds is 2. The van der Waals surface area contributed by atoms with E-state index in [1.54, 1.807) is 6.92 Å². The number of ketones is 1. The fourth-order valence-electron chi connectivity index (χ4n) is 1.36. The molecule has 1 atom stereocenters. The Hall–Kier alpha value is -0.860. The minimum absolute atomic E-state index is 0.0475. The molecule has 1 aliphatic heterocycles. The molecule has 0 saturated carbocycles. The average Bonchev–Trinajstić information content (AvgIpc) is 2.11. The van der Waals surface area contributed by atoms with Crippen LogP contribution in [0.4, 0.5) is 0 Å². The minimum atomic E-state index is -0.536. The monoisotopic (exact) mass is 156 g/mol. The zero-order valence-corrected chi connectivity index (χ0v) is 6.85. The summed E-state index contributed by atoms with van der Waals surface area (Å²) in [5, 5.41) is 0. The molecule has 0 spiro atoms. The van der Waals surface area contributed by atoms with Crippen LogP contribution in [0.5, 0.6) is 0 Å². The van der Waals surface area contributed by atoms with Crippen molar-refractivity contribution in [3.05, 3.63) is 0 Å². The quantitative estimate of drug-likeness (QED) is 0.558. The molecule has 0 aliphatic carbocycles. The van der Waals surface area contributed by atoms with Crippen LogP contribution in [-0.2, 0) is 14.3 Å². The van der Waals surface area contributed by atoms with Gasteiger partial charge in [0.15, 0.2) is 0 Å². The van der Waals surface area contributed by atoms with Gasteiger partial charge in [-0.15, -0.1) is 0 Å². The first-order valence-electron chi connectivity index (χ1n) is 3.71. The normalized spacial score (nSPS) is 30.2. The van der Waals surface area contributed by atoms with E-state index in [0.29, 0.717) is 19.4 Å². The lowest BCUT2D eigenvalue weighted by Gasteiger charge is -2.15. The Labute approximate surface area is 65.7 Å². The van der Waals surface area contributed by atoms with Crippen molar-refractivity contribution in [3.63, 3.8) is 0 Å². The van der Waals surface area contributed by atoms with Gasteiger partial charge in [-0.3, -0.25) is 9.59 Å². The van der Waals surface area contributed by atoms with E-state index in [-0.39, 0.29) is 11.8 Å². The number of hydrogen-bond acceptors (Lipinski definition) is 3. The molecule has 11 heavy (non-hydrogen) atoms. The van der Waals surface area contributed by atoms with Crippen LogP contribution < -0.4 is 0 Å². The van der Waals surface area contributed by atoms with E-state index in [0.717, 1.165) is 0 Å². The molecule has 0 aromatic carbocycles. The van der Waals surface area contributed by atoms with E-state index < -0.39 is 5.41 Å². The summed E-state index contributed by atoms with van der Waals surface area (Å²) in [6.45, 7) is 3.74. The molecule has 1 saturated heterocycles. The molecule has 1 fully saturated rings. The van der Waals surface area contributed by atoms with Gasteiger partial charge in [-0.05, 0) is 20.3 Å². The highest BCUT2D eigenvalue weighted by Gasteiger charge is 2.40. The molecular weight excluding hydrogens is 144 g/mol. The third-order valence-corrected chi connectivity index (χ3v) is 2.02. The summed E-state index contributed by atoms with van der Waals surface area (Å²) < 4.78 is 4.78. The SMILES string of the molecule is CC(=O)CC1(C)CCOC1=O. The summed E-state index contributed by atoms with van der Waals surface area (Å²) >= 11 is 0. The minimum Gasteiger partial charge on any atom is -0.465 e. The largest absolute Gasteiger partial charge is 0.465 e. The van der Waals surface area contributed by atoms with Crippen LogP contribution in [0.15, 0.2) is 0 Å². The molecule has 0 bridgehead atoms. The van der Waals surface area contributed by atoms with Gasteiger partial charge < -0.3 is 4.74 Å². The maximum Gasteiger partial charge on any atom is 0.312 e. The van der Waals surface area contributed by atoms with Crippen LogP contribution in [-0.4, -0.2) is 18.4 Å². The maximum atomic E-state index is 11.1. The van der Waals surface area contributed by atoms with Crippen LogP contribution in [0.2, 0.25) is 0 Å². The van der Waals surface area contributed by atoms with Gasteiger partial charge in [0.25, 0.3) is 0 Å². The standard InChI is InChI=1S/C8H12O3/c1-6(9)5-8(2)3-4-11-7(8)10/h3-5H2,1-2H3. The number of ether oxygens (including phenoxy) is 1. The molecule has 3 heteroatoms. The van der Waals surface area contributed by atoms with Crippen molar-refractivity contribution in [2.75, 3.05) is 6.61 Å². The van der Waals surface area contributed by atoms with Crippen molar-refractivity contribution in [1.29, 1.82) is 0 Å². The number of cyclic esters (lactones) is 1. The number of carbonyl (C=O) groups excluding carboxylic acids is 2. The Morgan fingerprint density at radius 3 is 2.73 bits per heavy atom. The Morgan fingerprint density at radius 1 is 1.73 bits per heavy atom. The summed E-state index contributed by atoms with van der Waals surface area (Å²) in [7, 11) is 0. The number of hydrogen-bond donors (Lipinski definition) is 0. The molecule has 0 aromatic heterocycles. The zero-order valence-electron chi connectivity index (χ0n) is 6.85. The van der Waals surface area contributed by atoms with E-state index in [1.807, 2.05) is 0 Å². The van der Waals surface area contributed by atoms with Crippen molar-refractivity contribution in [3.8, 4) is 0 Å².